The van der Waals surface area contributed by atoms with Gasteiger partial charge in [0, 0.05) is 31.4 Å². The van der Waals surface area contributed by atoms with Crippen LogP contribution < -0.4 is 15.5 Å². The maximum atomic E-state index is 15.0. The summed E-state index contributed by atoms with van der Waals surface area (Å²) in [5, 5.41) is 22.9. The highest BCUT2D eigenvalue weighted by Crippen LogP contribution is 2.33. The zero-order valence-electron chi connectivity index (χ0n) is 20.8. The van der Waals surface area contributed by atoms with Crippen LogP contribution in [-0.2, 0) is 6.54 Å². The van der Waals surface area contributed by atoms with Gasteiger partial charge in [-0.25, -0.2) is 9.18 Å². The van der Waals surface area contributed by atoms with Crippen molar-refractivity contribution in [1.82, 2.24) is 24.6 Å². The van der Waals surface area contributed by atoms with Crippen molar-refractivity contribution in [3.05, 3.63) is 75.3 Å². The van der Waals surface area contributed by atoms with Crippen molar-refractivity contribution in [2.24, 2.45) is 10.8 Å². The highest BCUT2D eigenvalue weighted by molar-refractivity contribution is 9.11. The molecule has 0 radical (unpaired) electrons. The number of phenolic OH excluding ortho intramolecular Hbond substituents is 1. The number of hydrazone groups is 1. The minimum atomic E-state index is -0.923. The Bertz CT molecular complexity index is 1510. The van der Waals surface area contributed by atoms with Gasteiger partial charge in [0.15, 0.2) is 17.4 Å². The summed E-state index contributed by atoms with van der Waals surface area (Å²) in [6, 6.07) is 9.38. The van der Waals surface area contributed by atoms with Crippen molar-refractivity contribution < 1.29 is 19.0 Å². The molecular weight excluding hydrogens is 639 g/mol. The Morgan fingerprint density at radius 3 is 2.62 bits per heavy atom. The van der Waals surface area contributed by atoms with E-state index < -0.39 is 11.8 Å². The molecule has 0 aliphatic carbocycles. The Balaban J connectivity index is 1.53. The largest absolute Gasteiger partial charge is 0.506 e. The lowest BCUT2D eigenvalue weighted by Crippen LogP contribution is -2.31. The quantitative estimate of drug-likeness (QED) is 0.191. The van der Waals surface area contributed by atoms with E-state index >= 15 is 4.39 Å². The van der Waals surface area contributed by atoms with Crippen LogP contribution in [0.3, 0.4) is 0 Å². The van der Waals surface area contributed by atoms with Gasteiger partial charge in [-0.2, -0.15) is 10.1 Å². The molecule has 0 saturated carbocycles. The van der Waals surface area contributed by atoms with Crippen molar-refractivity contribution >= 4 is 49.8 Å². The average Bonchev–Trinajstić information content (AvgIpc) is 3.36. The van der Waals surface area contributed by atoms with Gasteiger partial charge in [-0.05, 0) is 81.9 Å². The number of hydrogen-bond donors (Lipinski definition) is 2. The number of carbonyl (C=O) groups excluding carboxylic acids is 1. The maximum absolute atomic E-state index is 15.0. The molecule has 0 aliphatic heterocycles. The van der Waals surface area contributed by atoms with Crippen molar-refractivity contribution in [2.45, 2.75) is 6.54 Å². The third-order valence-corrected chi connectivity index (χ3v) is 6.53. The molecule has 0 saturated heterocycles. The number of phenols is 1. The molecule has 0 aliphatic rings. The number of hydrogen-bond acceptors (Lipinski definition) is 8. The Hall–Kier alpha value is -3.88. The Morgan fingerprint density at radius 1 is 1.21 bits per heavy atom. The van der Waals surface area contributed by atoms with Gasteiger partial charge >= 0.3 is 6.03 Å². The second-order valence-electron chi connectivity index (χ2n) is 8.47. The Labute approximate surface area is 240 Å². The minimum absolute atomic E-state index is 0.0177. The Morgan fingerprint density at radius 2 is 1.95 bits per heavy atom. The number of pyridine rings is 1. The van der Waals surface area contributed by atoms with Crippen LogP contribution in [0.5, 0.6) is 17.2 Å². The van der Waals surface area contributed by atoms with Gasteiger partial charge in [0.05, 0.1) is 20.8 Å². The van der Waals surface area contributed by atoms with Crippen LogP contribution >= 0.6 is 31.9 Å². The lowest BCUT2D eigenvalue weighted by molar-refractivity contribution is 0.254. The lowest BCUT2D eigenvalue weighted by Gasteiger charge is -2.16. The predicted molar refractivity (Wildman–Crippen MR) is 151 cm³/mol. The molecule has 2 aromatic heterocycles. The average molecular weight is 662 g/mol. The third-order valence-electron chi connectivity index (χ3n) is 5.32. The summed E-state index contributed by atoms with van der Waals surface area (Å²) in [6.45, 7) is 1.45. The molecule has 0 atom stereocenters. The van der Waals surface area contributed by atoms with Crippen molar-refractivity contribution in [3.8, 4) is 28.8 Å². The van der Waals surface area contributed by atoms with E-state index in [1.807, 2.05) is 23.6 Å². The molecule has 3 N–H and O–H groups in total. The van der Waals surface area contributed by atoms with Gasteiger partial charge in [0.2, 0.25) is 0 Å². The molecule has 2 heterocycles. The molecule has 2 amide bonds. The van der Waals surface area contributed by atoms with Gasteiger partial charge in [-0.3, -0.25) is 4.98 Å². The van der Waals surface area contributed by atoms with E-state index in [4.69, 9.17) is 10.5 Å². The predicted octanol–water partition coefficient (Wildman–Crippen LogP) is 4.98. The van der Waals surface area contributed by atoms with E-state index in [2.05, 4.69) is 52.1 Å². The van der Waals surface area contributed by atoms with Crippen LogP contribution in [0.4, 0.5) is 14.9 Å². The normalized spacial score (nSPS) is 11.3. The zero-order valence-corrected chi connectivity index (χ0v) is 24.0. The van der Waals surface area contributed by atoms with E-state index in [9.17, 15) is 9.90 Å². The molecule has 0 spiro atoms. The summed E-state index contributed by atoms with van der Waals surface area (Å²) >= 11 is 6.46. The summed E-state index contributed by atoms with van der Waals surface area (Å²) in [5.41, 5.74) is 6.63. The summed E-state index contributed by atoms with van der Waals surface area (Å²) in [5.74, 6) is 0.0910. The van der Waals surface area contributed by atoms with Crippen molar-refractivity contribution in [3.63, 3.8) is 0 Å². The number of aromatic hydroxyl groups is 1. The molecule has 4 rings (SSSR count). The summed E-state index contributed by atoms with van der Waals surface area (Å²) < 4.78 is 23.5. The summed E-state index contributed by atoms with van der Waals surface area (Å²) in [7, 11) is 3.94. The highest BCUT2D eigenvalue weighted by Gasteiger charge is 2.16. The number of amides is 2. The number of carbonyl (C=O) groups is 1. The first kappa shape index (κ1) is 28.1. The summed E-state index contributed by atoms with van der Waals surface area (Å²) in [4.78, 5) is 18.4. The molecule has 2 aromatic carbocycles. The number of nitrogens with two attached hydrogens (primary N) is 1. The monoisotopic (exact) mass is 660 g/mol. The first-order valence-electron chi connectivity index (χ1n) is 11.4. The second kappa shape index (κ2) is 12.3. The minimum Gasteiger partial charge on any atom is -0.506 e. The van der Waals surface area contributed by atoms with Crippen molar-refractivity contribution in [2.75, 3.05) is 25.6 Å². The number of nitrogens with zero attached hydrogens (tertiary/aromatic N) is 7. The number of benzene rings is 2. The van der Waals surface area contributed by atoms with Crippen LogP contribution in [0.15, 0.2) is 69.0 Å². The number of rotatable bonds is 9. The SMILES string of the molecule is CN(C)CCn1cnnc1-c1cc(Oc2ccc(N(/N=C/c3cc(Br)c(O)c(Br)c3)C(N)=O)cc2F)ccn1. The maximum Gasteiger partial charge on any atom is 0.340 e. The molecule has 4 aromatic rings. The highest BCUT2D eigenvalue weighted by atomic mass is 79.9. The van der Waals surface area contributed by atoms with Gasteiger partial charge in [-0.1, -0.05) is 0 Å². The smallest absolute Gasteiger partial charge is 0.340 e. The lowest BCUT2D eigenvalue weighted by atomic mass is 10.2. The number of ether oxygens (including phenoxy) is 1. The zero-order chi connectivity index (χ0) is 28.1. The van der Waals surface area contributed by atoms with Gasteiger partial charge in [-0.15, -0.1) is 10.2 Å². The molecule has 39 heavy (non-hydrogen) atoms. The topological polar surface area (TPSA) is 135 Å². The van der Waals surface area contributed by atoms with E-state index in [1.54, 1.807) is 30.6 Å². The fourth-order valence-corrected chi connectivity index (χ4v) is 4.61. The molecule has 14 heteroatoms. The number of halogens is 3. The van der Waals surface area contributed by atoms with Gasteiger partial charge in [0.25, 0.3) is 0 Å². The fraction of sp³-hybridized carbons (Fsp3) is 0.160. The van der Waals surface area contributed by atoms with E-state index in [1.165, 1.54) is 24.5 Å². The molecule has 0 unspecified atom stereocenters. The van der Waals surface area contributed by atoms with E-state index in [0.717, 1.165) is 17.6 Å². The number of primary amides is 1. The number of anilines is 1. The molecule has 11 nitrogen and oxygen atoms in total. The van der Waals surface area contributed by atoms with Crippen LogP contribution in [0, 0.1) is 5.82 Å². The number of urea groups is 1. The van der Waals surface area contributed by atoms with E-state index in [0.29, 0.717) is 38.3 Å². The molecule has 0 bridgehead atoms. The molecule has 202 valence electrons. The third kappa shape index (κ3) is 6.96. The standard InChI is InChI=1S/C25H23Br2FN8O3/c1-34(2)7-8-35-14-31-33-24(35)21-12-17(5-6-30-21)39-22-4-3-16(11-20(22)28)36(25(29)38)32-13-15-9-18(26)23(37)19(27)10-15/h3-6,9-14,37H,7-8H2,1-2H3,(H2,29,38)/b32-13+. The van der Waals surface area contributed by atoms with Gasteiger partial charge < -0.3 is 25.0 Å². The van der Waals surface area contributed by atoms with Crippen LogP contribution in [-0.4, -0.2) is 62.6 Å². The fourth-order valence-electron chi connectivity index (χ4n) is 3.39. The molecule has 0 fully saturated rings. The van der Waals surface area contributed by atoms with Crippen LogP contribution in [0.1, 0.15) is 5.56 Å². The number of aromatic nitrogens is 4. The van der Waals surface area contributed by atoms with Gasteiger partial charge in [0.1, 0.15) is 23.5 Å². The van der Waals surface area contributed by atoms with Crippen molar-refractivity contribution in [1.29, 1.82) is 0 Å². The summed E-state index contributed by atoms with van der Waals surface area (Å²) in [6.07, 6.45) is 4.50. The first-order valence-corrected chi connectivity index (χ1v) is 13.0. The Kier molecular flexibility index (Phi) is 8.89. The molecular formula is C25H23Br2FN8O3. The first-order chi connectivity index (χ1) is 18.6. The van der Waals surface area contributed by atoms with Crippen LogP contribution in [0.25, 0.3) is 11.5 Å². The number of likely N-dealkylation sites (N-methyl/N-ethyl adjacent to an activating group) is 1. The second-order valence-corrected chi connectivity index (χ2v) is 10.2. The van der Waals surface area contributed by atoms with E-state index in [-0.39, 0.29) is 17.2 Å². The van der Waals surface area contributed by atoms with Crippen LogP contribution in [0.2, 0.25) is 0 Å².